The third-order valence-corrected chi connectivity index (χ3v) is 7.58. The summed E-state index contributed by atoms with van der Waals surface area (Å²) in [6, 6.07) is 7.50. The lowest BCUT2D eigenvalue weighted by Crippen LogP contribution is -2.48. The molecule has 10 heteroatoms. The molecule has 2 N–H and O–H groups in total. The SMILES string of the molecule is Cc1cc2[nH]c(=O)c3cnn(C4CCOCC4)c3c2cc1C(=O)N1CCN(Cc2cc[nH]c(=O)c2)CC1. The standard InChI is InChI=1S/C27H30N6O4/c1-17-12-23-21(25-22(26(35)30-23)15-29-33(25)19-3-10-37-11-4-19)14-20(17)27(36)32-8-6-31(7-9-32)16-18-2-5-28-24(34)13-18/h2,5,12-15,19H,3-4,6-11,16H2,1H3,(H,28,34)(H,30,35). The molecule has 10 nitrogen and oxygen atoms in total. The van der Waals surface area contributed by atoms with Crippen LogP contribution in [0.1, 0.15) is 40.4 Å². The number of fused-ring (bicyclic) bond motifs is 3. The molecule has 2 fully saturated rings. The smallest absolute Gasteiger partial charge is 0.259 e. The predicted molar refractivity (Wildman–Crippen MR) is 140 cm³/mol. The predicted octanol–water partition coefficient (Wildman–Crippen LogP) is 2.18. The van der Waals surface area contributed by atoms with Gasteiger partial charge in [0.25, 0.3) is 11.5 Å². The largest absolute Gasteiger partial charge is 0.381 e. The van der Waals surface area contributed by atoms with Crippen molar-refractivity contribution in [3.63, 3.8) is 0 Å². The molecule has 3 aromatic heterocycles. The topological polar surface area (TPSA) is 116 Å². The van der Waals surface area contributed by atoms with E-state index in [2.05, 4.69) is 20.0 Å². The fraction of sp³-hybridized carbons (Fsp3) is 0.407. The molecule has 1 aromatic carbocycles. The number of carbonyl (C=O) groups excluding carboxylic acids is 1. The van der Waals surface area contributed by atoms with Gasteiger partial charge in [0.1, 0.15) is 0 Å². The van der Waals surface area contributed by atoms with E-state index < -0.39 is 0 Å². The van der Waals surface area contributed by atoms with Crippen LogP contribution in [0.5, 0.6) is 0 Å². The maximum absolute atomic E-state index is 13.7. The molecule has 4 aromatic rings. The van der Waals surface area contributed by atoms with Crippen molar-refractivity contribution in [2.45, 2.75) is 32.4 Å². The van der Waals surface area contributed by atoms with Crippen LogP contribution in [0, 0.1) is 6.92 Å². The fourth-order valence-electron chi connectivity index (χ4n) is 5.56. The lowest BCUT2D eigenvalue weighted by molar-refractivity contribution is 0.0628. The number of pyridine rings is 2. The molecule has 2 aliphatic heterocycles. The Labute approximate surface area is 212 Å². The molecule has 37 heavy (non-hydrogen) atoms. The van der Waals surface area contributed by atoms with E-state index in [-0.39, 0.29) is 23.1 Å². The average Bonchev–Trinajstić information content (AvgIpc) is 3.35. The van der Waals surface area contributed by atoms with Gasteiger partial charge in [-0.3, -0.25) is 24.0 Å². The monoisotopic (exact) mass is 502 g/mol. The lowest BCUT2D eigenvalue weighted by atomic mass is 10.0. The van der Waals surface area contributed by atoms with Crippen molar-refractivity contribution in [1.29, 1.82) is 0 Å². The number of rotatable bonds is 4. The van der Waals surface area contributed by atoms with Crippen LogP contribution in [-0.2, 0) is 11.3 Å². The van der Waals surface area contributed by atoms with E-state index in [4.69, 9.17) is 4.74 Å². The molecule has 0 atom stereocenters. The number of hydrogen-bond donors (Lipinski definition) is 2. The van der Waals surface area contributed by atoms with E-state index in [9.17, 15) is 14.4 Å². The Hall–Kier alpha value is -3.76. The van der Waals surface area contributed by atoms with Gasteiger partial charge in [0.15, 0.2) is 0 Å². The number of ether oxygens (including phenoxy) is 1. The molecule has 0 saturated carbocycles. The Balaban J connectivity index is 1.29. The number of piperazine rings is 1. The third kappa shape index (κ3) is 4.47. The van der Waals surface area contributed by atoms with Gasteiger partial charge >= 0.3 is 0 Å². The number of benzene rings is 1. The zero-order valence-corrected chi connectivity index (χ0v) is 20.8. The first-order valence-corrected chi connectivity index (χ1v) is 12.8. The molecule has 0 bridgehead atoms. The molecular formula is C27H30N6O4. The maximum Gasteiger partial charge on any atom is 0.259 e. The van der Waals surface area contributed by atoms with Crippen LogP contribution >= 0.6 is 0 Å². The quantitative estimate of drug-likeness (QED) is 0.442. The van der Waals surface area contributed by atoms with Crippen LogP contribution in [0.25, 0.3) is 21.8 Å². The minimum atomic E-state index is -0.171. The van der Waals surface area contributed by atoms with E-state index in [1.165, 1.54) is 0 Å². The van der Waals surface area contributed by atoms with Crippen molar-refractivity contribution in [1.82, 2.24) is 29.5 Å². The van der Waals surface area contributed by atoms with E-state index in [0.29, 0.717) is 49.3 Å². The molecule has 192 valence electrons. The van der Waals surface area contributed by atoms with Crippen LogP contribution in [-0.4, -0.2) is 74.8 Å². The van der Waals surface area contributed by atoms with Crippen molar-refractivity contribution in [3.05, 3.63) is 74.1 Å². The van der Waals surface area contributed by atoms with Gasteiger partial charge in [-0.15, -0.1) is 0 Å². The maximum atomic E-state index is 13.7. The van der Waals surface area contributed by atoms with Gasteiger partial charge in [-0.1, -0.05) is 0 Å². The number of hydrogen-bond acceptors (Lipinski definition) is 6. The summed E-state index contributed by atoms with van der Waals surface area (Å²) in [5, 5.41) is 5.95. The molecule has 0 aliphatic carbocycles. The van der Waals surface area contributed by atoms with Crippen molar-refractivity contribution >= 4 is 27.7 Å². The lowest BCUT2D eigenvalue weighted by Gasteiger charge is -2.35. The van der Waals surface area contributed by atoms with Crippen LogP contribution in [0.4, 0.5) is 0 Å². The molecule has 5 heterocycles. The second-order valence-electron chi connectivity index (χ2n) is 9.99. The molecule has 2 aliphatic rings. The number of nitrogens with zero attached hydrogens (tertiary/aromatic N) is 4. The first kappa shape index (κ1) is 23.6. The van der Waals surface area contributed by atoms with Gasteiger partial charge in [-0.05, 0) is 49.1 Å². The number of aromatic nitrogens is 4. The first-order valence-electron chi connectivity index (χ1n) is 12.8. The number of aryl methyl sites for hydroxylation is 1. The Bertz CT molecular complexity index is 1590. The van der Waals surface area contributed by atoms with Gasteiger partial charge in [0.05, 0.1) is 28.7 Å². The van der Waals surface area contributed by atoms with Gasteiger partial charge in [-0.2, -0.15) is 5.10 Å². The summed E-state index contributed by atoms with van der Waals surface area (Å²) in [5.74, 6) is -0.00770. The molecule has 0 spiro atoms. The highest BCUT2D eigenvalue weighted by atomic mass is 16.5. The highest BCUT2D eigenvalue weighted by Crippen LogP contribution is 2.30. The highest BCUT2D eigenvalue weighted by molar-refractivity contribution is 6.07. The van der Waals surface area contributed by atoms with Crippen LogP contribution in [0.3, 0.4) is 0 Å². The summed E-state index contributed by atoms with van der Waals surface area (Å²) in [4.78, 5) is 47.8. The van der Waals surface area contributed by atoms with E-state index in [0.717, 1.165) is 48.0 Å². The molecular weight excluding hydrogens is 472 g/mol. The Morgan fingerprint density at radius 3 is 2.62 bits per heavy atom. The van der Waals surface area contributed by atoms with Gasteiger partial charge in [0.2, 0.25) is 5.56 Å². The van der Waals surface area contributed by atoms with Crippen LogP contribution in [0.2, 0.25) is 0 Å². The van der Waals surface area contributed by atoms with E-state index in [1.807, 2.05) is 34.7 Å². The normalized spacial score (nSPS) is 17.6. The van der Waals surface area contributed by atoms with Crippen molar-refractivity contribution < 1.29 is 9.53 Å². The van der Waals surface area contributed by atoms with Crippen molar-refractivity contribution in [2.75, 3.05) is 39.4 Å². The first-order chi connectivity index (χ1) is 18.0. The van der Waals surface area contributed by atoms with Gasteiger partial charge in [-0.25, -0.2) is 0 Å². The minimum Gasteiger partial charge on any atom is -0.381 e. The molecule has 6 rings (SSSR count). The van der Waals surface area contributed by atoms with Gasteiger partial charge in [0, 0.05) is 69.2 Å². The third-order valence-electron chi connectivity index (χ3n) is 7.58. The highest BCUT2D eigenvalue weighted by Gasteiger charge is 2.26. The molecule has 0 unspecified atom stereocenters. The summed E-state index contributed by atoms with van der Waals surface area (Å²) >= 11 is 0. The number of amides is 1. The summed E-state index contributed by atoms with van der Waals surface area (Å²) in [5.41, 5.74) is 3.65. The summed E-state index contributed by atoms with van der Waals surface area (Å²) < 4.78 is 7.47. The number of nitrogens with one attached hydrogen (secondary N) is 2. The zero-order valence-electron chi connectivity index (χ0n) is 20.8. The van der Waals surface area contributed by atoms with Crippen LogP contribution in [0.15, 0.2) is 46.2 Å². The summed E-state index contributed by atoms with van der Waals surface area (Å²) in [6.45, 7) is 6.63. The minimum absolute atomic E-state index is 0.00770. The second-order valence-corrected chi connectivity index (χ2v) is 9.99. The number of aromatic amines is 2. The zero-order chi connectivity index (χ0) is 25.5. The van der Waals surface area contributed by atoms with Gasteiger partial charge < -0.3 is 19.6 Å². The summed E-state index contributed by atoms with van der Waals surface area (Å²) in [7, 11) is 0. The molecule has 1 amide bonds. The molecule has 2 saturated heterocycles. The number of H-pyrrole nitrogens is 2. The van der Waals surface area contributed by atoms with Crippen molar-refractivity contribution in [2.24, 2.45) is 0 Å². The van der Waals surface area contributed by atoms with E-state index >= 15 is 0 Å². The Morgan fingerprint density at radius 2 is 1.86 bits per heavy atom. The molecule has 0 radical (unpaired) electrons. The Morgan fingerprint density at radius 1 is 1.08 bits per heavy atom. The van der Waals surface area contributed by atoms with Crippen LogP contribution < -0.4 is 11.1 Å². The Kier molecular flexibility index (Phi) is 6.13. The second kappa shape index (κ2) is 9.60. The number of carbonyl (C=O) groups is 1. The van der Waals surface area contributed by atoms with E-state index in [1.54, 1.807) is 18.5 Å². The summed E-state index contributed by atoms with van der Waals surface area (Å²) in [6.07, 6.45) is 4.97. The van der Waals surface area contributed by atoms with Crippen molar-refractivity contribution in [3.8, 4) is 0 Å². The fourth-order valence-corrected chi connectivity index (χ4v) is 5.56. The average molecular weight is 503 g/mol.